The molecule has 0 radical (unpaired) electrons. The lowest BCUT2D eigenvalue weighted by molar-refractivity contribution is 0.0938. The van der Waals surface area contributed by atoms with Gasteiger partial charge < -0.3 is 9.73 Å². The van der Waals surface area contributed by atoms with Crippen LogP contribution in [0.15, 0.2) is 57.6 Å². The lowest BCUT2D eigenvalue weighted by Gasteiger charge is -2.10. The van der Waals surface area contributed by atoms with Crippen LogP contribution in [-0.2, 0) is 5.75 Å². The summed E-state index contributed by atoms with van der Waals surface area (Å²) >= 11 is 9.35. The maximum absolute atomic E-state index is 12.1. The molecule has 154 valence electrons. The zero-order valence-corrected chi connectivity index (χ0v) is 18.6. The fourth-order valence-corrected chi connectivity index (χ4v) is 4.68. The number of hydrogen-bond donors (Lipinski definition) is 1. The van der Waals surface area contributed by atoms with E-state index in [-0.39, 0.29) is 11.9 Å². The number of amides is 1. The molecule has 7 nitrogen and oxygen atoms in total. The van der Waals surface area contributed by atoms with E-state index in [9.17, 15) is 4.79 Å². The number of para-hydroxylation sites is 1. The van der Waals surface area contributed by atoms with Gasteiger partial charge in [-0.2, -0.15) is 0 Å². The van der Waals surface area contributed by atoms with Crippen LogP contribution in [-0.4, -0.2) is 31.7 Å². The molecule has 1 N–H and O–H groups in total. The van der Waals surface area contributed by atoms with Gasteiger partial charge in [-0.15, -0.1) is 21.5 Å². The summed E-state index contributed by atoms with van der Waals surface area (Å²) in [5.74, 6) is 1.53. The van der Waals surface area contributed by atoms with Crippen LogP contribution in [0, 0.1) is 0 Å². The fraction of sp³-hybridized carbons (Fsp3) is 0.200. The average Bonchev–Trinajstić information content (AvgIpc) is 3.46. The summed E-state index contributed by atoms with van der Waals surface area (Å²) in [6.07, 6.45) is 1.59. The minimum absolute atomic E-state index is 0.0613. The van der Waals surface area contributed by atoms with Crippen molar-refractivity contribution in [3.05, 3.63) is 63.8 Å². The van der Waals surface area contributed by atoms with E-state index in [0.29, 0.717) is 33.2 Å². The predicted octanol–water partition coefficient (Wildman–Crippen LogP) is 5.07. The summed E-state index contributed by atoms with van der Waals surface area (Å²) in [7, 11) is 0. The van der Waals surface area contributed by atoms with Crippen LogP contribution in [0.4, 0.5) is 0 Å². The van der Waals surface area contributed by atoms with E-state index >= 15 is 0 Å². The minimum Gasteiger partial charge on any atom is -0.461 e. The number of halogens is 1. The first-order valence-corrected chi connectivity index (χ1v) is 11.4. The van der Waals surface area contributed by atoms with Crippen LogP contribution in [0.3, 0.4) is 0 Å². The van der Waals surface area contributed by atoms with E-state index in [0.717, 1.165) is 10.7 Å². The van der Waals surface area contributed by atoms with Crippen LogP contribution in [0.25, 0.3) is 17.3 Å². The van der Waals surface area contributed by atoms with E-state index in [2.05, 4.69) is 20.5 Å². The third-order valence-corrected chi connectivity index (χ3v) is 6.29. The Labute approximate surface area is 186 Å². The SMILES string of the molecule is CC(C)NC(=O)c1csc(CSc2nnc(-c3ccco3)n2-c2ccccc2Cl)n1. The number of thioether (sulfide) groups is 1. The molecule has 0 atom stereocenters. The van der Waals surface area contributed by atoms with Gasteiger partial charge in [-0.1, -0.05) is 35.5 Å². The van der Waals surface area contributed by atoms with Crippen LogP contribution in [0.1, 0.15) is 29.3 Å². The van der Waals surface area contributed by atoms with Gasteiger partial charge in [0.1, 0.15) is 10.7 Å². The van der Waals surface area contributed by atoms with Gasteiger partial charge >= 0.3 is 0 Å². The molecule has 1 aromatic carbocycles. The summed E-state index contributed by atoms with van der Waals surface area (Å²) in [5, 5.41) is 15.3. The highest BCUT2D eigenvalue weighted by molar-refractivity contribution is 7.98. The maximum Gasteiger partial charge on any atom is 0.270 e. The Morgan fingerprint density at radius 2 is 2.10 bits per heavy atom. The highest BCUT2D eigenvalue weighted by Gasteiger charge is 2.20. The van der Waals surface area contributed by atoms with E-state index in [1.165, 1.54) is 23.1 Å². The minimum atomic E-state index is -0.170. The Morgan fingerprint density at radius 3 is 2.83 bits per heavy atom. The number of nitrogens with one attached hydrogen (secondary N) is 1. The lowest BCUT2D eigenvalue weighted by atomic mass is 10.3. The van der Waals surface area contributed by atoms with Crippen molar-refractivity contribution < 1.29 is 9.21 Å². The Bertz CT molecular complexity index is 1150. The molecular weight excluding hydrogens is 442 g/mol. The van der Waals surface area contributed by atoms with E-state index in [4.69, 9.17) is 16.0 Å². The molecule has 0 aliphatic rings. The van der Waals surface area contributed by atoms with Gasteiger partial charge in [-0.3, -0.25) is 9.36 Å². The molecule has 10 heteroatoms. The zero-order chi connectivity index (χ0) is 21.1. The molecule has 0 spiro atoms. The van der Waals surface area contributed by atoms with Crippen molar-refractivity contribution in [2.75, 3.05) is 0 Å². The summed E-state index contributed by atoms with van der Waals surface area (Å²) in [5.41, 5.74) is 1.18. The van der Waals surface area contributed by atoms with Crippen LogP contribution in [0.5, 0.6) is 0 Å². The molecule has 1 amide bonds. The Balaban J connectivity index is 1.60. The van der Waals surface area contributed by atoms with Gasteiger partial charge in [0.2, 0.25) is 5.82 Å². The van der Waals surface area contributed by atoms with E-state index in [1.54, 1.807) is 17.7 Å². The van der Waals surface area contributed by atoms with Gasteiger partial charge in [0.15, 0.2) is 10.9 Å². The number of hydrogen-bond acceptors (Lipinski definition) is 7. The van der Waals surface area contributed by atoms with Crippen molar-refractivity contribution in [1.82, 2.24) is 25.1 Å². The number of aromatic nitrogens is 4. The molecule has 4 aromatic rings. The first-order valence-electron chi connectivity index (χ1n) is 9.15. The number of carbonyl (C=O) groups is 1. The van der Waals surface area contributed by atoms with Gasteiger partial charge in [-0.05, 0) is 38.1 Å². The van der Waals surface area contributed by atoms with Crippen molar-refractivity contribution in [3.63, 3.8) is 0 Å². The maximum atomic E-state index is 12.1. The van der Waals surface area contributed by atoms with Crippen molar-refractivity contribution in [2.45, 2.75) is 30.8 Å². The van der Waals surface area contributed by atoms with E-state index < -0.39 is 0 Å². The topological polar surface area (TPSA) is 85.8 Å². The Morgan fingerprint density at radius 1 is 1.27 bits per heavy atom. The number of carbonyl (C=O) groups excluding carboxylic acids is 1. The van der Waals surface area contributed by atoms with Crippen molar-refractivity contribution in [3.8, 4) is 17.3 Å². The lowest BCUT2D eigenvalue weighted by Crippen LogP contribution is -2.30. The quantitative estimate of drug-likeness (QED) is 0.388. The highest BCUT2D eigenvalue weighted by Crippen LogP contribution is 2.33. The van der Waals surface area contributed by atoms with Gasteiger partial charge in [-0.25, -0.2) is 4.98 Å². The molecule has 0 aliphatic heterocycles. The van der Waals surface area contributed by atoms with Crippen molar-refractivity contribution in [2.24, 2.45) is 0 Å². The number of rotatable bonds is 7. The highest BCUT2D eigenvalue weighted by atomic mass is 35.5. The predicted molar refractivity (Wildman–Crippen MR) is 118 cm³/mol. The molecule has 0 unspecified atom stereocenters. The van der Waals surface area contributed by atoms with Crippen LogP contribution in [0.2, 0.25) is 5.02 Å². The first kappa shape index (κ1) is 20.6. The number of furan rings is 1. The molecule has 0 fully saturated rings. The van der Waals surface area contributed by atoms with E-state index in [1.807, 2.05) is 48.7 Å². The fourth-order valence-electron chi connectivity index (χ4n) is 2.72. The molecular formula is C20H18ClN5O2S2. The number of benzene rings is 1. The summed E-state index contributed by atoms with van der Waals surface area (Å²) in [6.45, 7) is 3.83. The summed E-state index contributed by atoms with van der Waals surface area (Å²) < 4.78 is 7.40. The molecule has 0 bridgehead atoms. The molecule has 0 saturated heterocycles. The standard InChI is InChI=1S/C20H18ClN5O2S2/c1-12(2)22-19(27)14-10-29-17(23-14)11-30-20-25-24-18(16-8-5-9-28-16)26(20)15-7-4-3-6-13(15)21/h3-10,12H,11H2,1-2H3,(H,22,27). The second-order valence-corrected chi connectivity index (χ2v) is 8.91. The molecule has 3 aromatic heterocycles. The van der Waals surface area contributed by atoms with Gasteiger partial charge in [0, 0.05) is 11.4 Å². The molecule has 0 aliphatic carbocycles. The second kappa shape index (κ2) is 9.03. The Hall–Kier alpha value is -2.62. The molecule has 30 heavy (non-hydrogen) atoms. The van der Waals surface area contributed by atoms with Crippen molar-refractivity contribution in [1.29, 1.82) is 0 Å². The third-order valence-electron chi connectivity index (χ3n) is 4.00. The molecule has 0 saturated carbocycles. The monoisotopic (exact) mass is 459 g/mol. The second-order valence-electron chi connectivity index (χ2n) is 6.61. The molecule has 4 rings (SSSR count). The Kier molecular flexibility index (Phi) is 6.21. The third kappa shape index (κ3) is 4.43. The molecule has 3 heterocycles. The average molecular weight is 460 g/mol. The van der Waals surface area contributed by atoms with Crippen LogP contribution < -0.4 is 5.32 Å². The number of thiazole rings is 1. The van der Waals surface area contributed by atoms with Crippen LogP contribution >= 0.6 is 34.7 Å². The number of nitrogens with zero attached hydrogens (tertiary/aromatic N) is 4. The smallest absolute Gasteiger partial charge is 0.270 e. The summed E-state index contributed by atoms with van der Waals surface area (Å²) in [6, 6.07) is 11.2. The van der Waals surface area contributed by atoms with Crippen molar-refractivity contribution >= 4 is 40.6 Å². The largest absolute Gasteiger partial charge is 0.461 e. The van der Waals surface area contributed by atoms with Gasteiger partial charge in [0.25, 0.3) is 5.91 Å². The van der Waals surface area contributed by atoms with Gasteiger partial charge in [0.05, 0.1) is 22.7 Å². The zero-order valence-electron chi connectivity index (χ0n) is 16.2. The first-order chi connectivity index (χ1) is 14.5. The normalized spacial score (nSPS) is 11.2. The summed E-state index contributed by atoms with van der Waals surface area (Å²) in [4.78, 5) is 16.6.